The molecule has 0 aliphatic carbocycles. The van der Waals surface area contributed by atoms with Gasteiger partial charge in [0.15, 0.2) is 5.96 Å². The predicted molar refractivity (Wildman–Crippen MR) is 52.5 cm³/mol. The number of nitrogens with zero attached hydrogens (tertiary/aromatic N) is 1. The topological polar surface area (TPSA) is 53.5 Å². The number of hydrogen-bond donors (Lipinski definition) is 2. The molecule has 1 amide bonds. The van der Waals surface area contributed by atoms with Crippen molar-refractivity contribution < 1.29 is 4.79 Å². The summed E-state index contributed by atoms with van der Waals surface area (Å²) in [5.74, 6) is 0.618. The lowest BCUT2D eigenvalue weighted by atomic mass is 9.87. The number of carbonyl (C=O) groups is 1. The summed E-state index contributed by atoms with van der Waals surface area (Å²) < 4.78 is 0. The average molecular weight is 183 g/mol. The summed E-state index contributed by atoms with van der Waals surface area (Å²) in [6.45, 7) is 8.70. The Morgan fingerprint density at radius 2 is 2.08 bits per heavy atom. The van der Waals surface area contributed by atoms with Crippen LogP contribution in [0.3, 0.4) is 0 Å². The molecule has 1 aliphatic heterocycles. The van der Waals surface area contributed by atoms with Gasteiger partial charge in [0.1, 0.15) is 6.04 Å². The molecule has 4 nitrogen and oxygen atoms in total. The summed E-state index contributed by atoms with van der Waals surface area (Å²) in [5, 5.41) is 5.78. The van der Waals surface area contributed by atoms with Crippen LogP contribution in [0, 0.1) is 5.41 Å². The molecule has 74 valence electrons. The van der Waals surface area contributed by atoms with Crippen LogP contribution < -0.4 is 10.6 Å². The zero-order chi connectivity index (χ0) is 10.1. The standard InChI is InChI=1S/C9H17N3O/c1-5-10-8-11-6(7(13)12-8)9(2,3)4/h6H,5H2,1-4H3,(H2,10,11,12,13). The molecule has 4 heteroatoms. The lowest BCUT2D eigenvalue weighted by molar-refractivity contribution is -0.122. The van der Waals surface area contributed by atoms with Gasteiger partial charge in [-0.2, -0.15) is 0 Å². The maximum atomic E-state index is 11.5. The fraction of sp³-hybridized carbons (Fsp3) is 0.778. The summed E-state index contributed by atoms with van der Waals surface area (Å²) in [4.78, 5) is 15.6. The molecule has 0 spiro atoms. The van der Waals surface area contributed by atoms with Crippen molar-refractivity contribution in [2.24, 2.45) is 10.4 Å². The third-order valence-corrected chi connectivity index (χ3v) is 1.97. The van der Waals surface area contributed by atoms with Gasteiger partial charge in [0.05, 0.1) is 0 Å². The van der Waals surface area contributed by atoms with Gasteiger partial charge >= 0.3 is 0 Å². The number of rotatable bonds is 1. The van der Waals surface area contributed by atoms with E-state index in [4.69, 9.17) is 0 Å². The Balaban J connectivity index is 2.73. The number of amides is 1. The van der Waals surface area contributed by atoms with Crippen LogP contribution in [0.4, 0.5) is 0 Å². The van der Waals surface area contributed by atoms with Gasteiger partial charge < -0.3 is 5.32 Å². The largest absolute Gasteiger partial charge is 0.344 e. The fourth-order valence-electron chi connectivity index (χ4n) is 1.28. The lowest BCUT2D eigenvalue weighted by Gasteiger charge is -2.23. The van der Waals surface area contributed by atoms with E-state index in [2.05, 4.69) is 15.6 Å². The lowest BCUT2D eigenvalue weighted by Crippen LogP contribution is -2.41. The van der Waals surface area contributed by atoms with E-state index >= 15 is 0 Å². The molecule has 2 N–H and O–H groups in total. The van der Waals surface area contributed by atoms with E-state index < -0.39 is 0 Å². The van der Waals surface area contributed by atoms with Crippen molar-refractivity contribution in [1.29, 1.82) is 0 Å². The van der Waals surface area contributed by atoms with Gasteiger partial charge in [-0.3, -0.25) is 15.1 Å². The van der Waals surface area contributed by atoms with Crippen LogP contribution in [0.15, 0.2) is 4.99 Å². The molecule has 0 radical (unpaired) electrons. The quantitative estimate of drug-likeness (QED) is 0.622. The minimum absolute atomic E-state index is 0.0136. The third-order valence-electron chi connectivity index (χ3n) is 1.97. The van der Waals surface area contributed by atoms with Crippen molar-refractivity contribution >= 4 is 11.9 Å². The molecule has 1 heterocycles. The molecule has 1 unspecified atom stereocenters. The molecule has 0 aromatic carbocycles. The van der Waals surface area contributed by atoms with E-state index in [-0.39, 0.29) is 17.4 Å². The van der Waals surface area contributed by atoms with Crippen molar-refractivity contribution in [1.82, 2.24) is 10.6 Å². The van der Waals surface area contributed by atoms with Crippen molar-refractivity contribution in [2.75, 3.05) is 6.54 Å². The molecule has 1 rings (SSSR count). The van der Waals surface area contributed by atoms with Crippen LogP contribution in [0.25, 0.3) is 0 Å². The van der Waals surface area contributed by atoms with Gasteiger partial charge in [0.2, 0.25) is 5.91 Å². The monoisotopic (exact) mass is 183 g/mol. The Morgan fingerprint density at radius 1 is 1.46 bits per heavy atom. The van der Waals surface area contributed by atoms with E-state index in [0.29, 0.717) is 12.5 Å². The molecule has 0 aromatic rings. The Kier molecular flexibility index (Phi) is 2.59. The first-order chi connectivity index (χ1) is 5.95. The second-order valence-electron chi connectivity index (χ2n) is 4.26. The maximum absolute atomic E-state index is 11.5. The van der Waals surface area contributed by atoms with Gasteiger partial charge in [-0.1, -0.05) is 20.8 Å². The minimum atomic E-state index is -0.169. The summed E-state index contributed by atoms with van der Waals surface area (Å²) >= 11 is 0. The smallest absolute Gasteiger partial charge is 0.249 e. The van der Waals surface area contributed by atoms with E-state index in [1.165, 1.54) is 0 Å². The average Bonchev–Trinajstić information content (AvgIpc) is 2.30. The number of nitrogens with one attached hydrogen (secondary N) is 2. The van der Waals surface area contributed by atoms with Crippen LogP contribution in [-0.4, -0.2) is 24.5 Å². The first-order valence-electron chi connectivity index (χ1n) is 4.57. The second kappa shape index (κ2) is 3.36. The van der Waals surface area contributed by atoms with E-state index in [1.54, 1.807) is 0 Å². The molecule has 0 bridgehead atoms. The molecule has 1 fully saturated rings. The Labute approximate surface area is 78.8 Å². The van der Waals surface area contributed by atoms with Crippen molar-refractivity contribution in [3.05, 3.63) is 0 Å². The number of guanidine groups is 1. The predicted octanol–water partition coefficient (Wildman–Crippen LogP) is 0.496. The molecule has 1 saturated heterocycles. The van der Waals surface area contributed by atoms with Gasteiger partial charge in [-0.25, -0.2) is 0 Å². The highest BCUT2D eigenvalue weighted by Crippen LogP contribution is 2.21. The SMILES string of the molecule is CCN=C1NC(=O)C(C(C)(C)C)N1. The summed E-state index contributed by atoms with van der Waals surface area (Å²) in [7, 11) is 0. The van der Waals surface area contributed by atoms with Crippen LogP contribution in [-0.2, 0) is 4.79 Å². The number of hydrogen-bond acceptors (Lipinski definition) is 2. The zero-order valence-corrected chi connectivity index (χ0v) is 8.64. The third kappa shape index (κ3) is 2.20. The molecular weight excluding hydrogens is 166 g/mol. The van der Waals surface area contributed by atoms with Crippen LogP contribution in [0.5, 0.6) is 0 Å². The summed E-state index contributed by atoms with van der Waals surface area (Å²) in [6, 6.07) is -0.169. The van der Waals surface area contributed by atoms with Crippen LogP contribution in [0.2, 0.25) is 0 Å². The number of carbonyl (C=O) groups excluding carboxylic acids is 1. The van der Waals surface area contributed by atoms with Crippen molar-refractivity contribution in [2.45, 2.75) is 33.7 Å². The highest BCUT2D eigenvalue weighted by Gasteiger charge is 2.37. The van der Waals surface area contributed by atoms with E-state index in [9.17, 15) is 4.79 Å². The van der Waals surface area contributed by atoms with Gasteiger partial charge in [0.25, 0.3) is 0 Å². The molecule has 13 heavy (non-hydrogen) atoms. The Morgan fingerprint density at radius 3 is 2.46 bits per heavy atom. The van der Waals surface area contributed by atoms with Crippen molar-refractivity contribution in [3.8, 4) is 0 Å². The highest BCUT2D eigenvalue weighted by molar-refractivity contribution is 6.06. The second-order valence-corrected chi connectivity index (χ2v) is 4.26. The van der Waals surface area contributed by atoms with Gasteiger partial charge in [0, 0.05) is 6.54 Å². The fourth-order valence-corrected chi connectivity index (χ4v) is 1.28. The van der Waals surface area contributed by atoms with E-state index in [1.807, 2.05) is 27.7 Å². The van der Waals surface area contributed by atoms with Crippen LogP contribution in [0.1, 0.15) is 27.7 Å². The molecule has 0 saturated carbocycles. The first kappa shape index (κ1) is 10.0. The highest BCUT2D eigenvalue weighted by atomic mass is 16.2. The molecule has 1 atom stereocenters. The normalized spacial score (nSPS) is 26.0. The Bertz CT molecular complexity index is 240. The van der Waals surface area contributed by atoms with Gasteiger partial charge in [-0.15, -0.1) is 0 Å². The maximum Gasteiger partial charge on any atom is 0.249 e. The van der Waals surface area contributed by atoms with E-state index in [0.717, 1.165) is 0 Å². The number of aliphatic imine (C=N–C) groups is 1. The van der Waals surface area contributed by atoms with Gasteiger partial charge in [-0.05, 0) is 12.3 Å². The molecular formula is C9H17N3O. The van der Waals surface area contributed by atoms with Crippen LogP contribution >= 0.6 is 0 Å². The van der Waals surface area contributed by atoms with Crippen molar-refractivity contribution in [3.63, 3.8) is 0 Å². The first-order valence-corrected chi connectivity index (χ1v) is 4.57. The summed E-state index contributed by atoms with van der Waals surface area (Å²) in [6.07, 6.45) is 0. The zero-order valence-electron chi connectivity index (χ0n) is 8.64. The molecule has 0 aromatic heterocycles. The minimum Gasteiger partial charge on any atom is -0.344 e. The summed E-state index contributed by atoms with van der Waals surface area (Å²) in [5.41, 5.74) is -0.0743. The molecule has 1 aliphatic rings. The Hall–Kier alpha value is -1.06.